The van der Waals surface area contributed by atoms with E-state index in [4.69, 9.17) is 0 Å². The maximum atomic E-state index is 12.7. The van der Waals surface area contributed by atoms with Gasteiger partial charge in [-0.1, -0.05) is 27.7 Å². The molecule has 4 heteroatoms. The predicted octanol–water partition coefficient (Wildman–Crippen LogP) is 1.94. The Balaban J connectivity index is 2.16. The van der Waals surface area contributed by atoms with Crippen molar-refractivity contribution in [1.29, 1.82) is 0 Å². The van der Waals surface area contributed by atoms with Crippen LogP contribution in [0.2, 0.25) is 0 Å². The van der Waals surface area contributed by atoms with Crippen molar-refractivity contribution in [2.45, 2.75) is 58.9 Å². The molecule has 2 aliphatic rings. The summed E-state index contributed by atoms with van der Waals surface area (Å²) in [7, 11) is 0. The number of amides is 2. The summed E-state index contributed by atoms with van der Waals surface area (Å²) in [6.45, 7) is 9.36. The van der Waals surface area contributed by atoms with Crippen molar-refractivity contribution >= 4 is 11.8 Å². The molecule has 1 N–H and O–H groups in total. The normalized spacial score (nSPS) is 24.6. The zero-order chi connectivity index (χ0) is 14.3. The third-order valence-electron chi connectivity index (χ3n) is 5.24. The van der Waals surface area contributed by atoms with Gasteiger partial charge in [0, 0.05) is 6.54 Å². The second kappa shape index (κ2) is 4.80. The summed E-state index contributed by atoms with van der Waals surface area (Å²) in [5.41, 5.74) is -0.400. The number of hydrogen-bond acceptors (Lipinski definition) is 2. The summed E-state index contributed by atoms with van der Waals surface area (Å²) in [4.78, 5) is 26.4. The number of nitrogens with zero attached hydrogens (tertiary/aromatic N) is 1. The molecule has 0 aromatic rings. The topological polar surface area (TPSA) is 49.4 Å². The Morgan fingerprint density at radius 1 is 1.21 bits per heavy atom. The molecule has 1 heterocycles. The summed E-state index contributed by atoms with van der Waals surface area (Å²) in [5, 5.41) is 2.91. The Morgan fingerprint density at radius 3 is 2.21 bits per heavy atom. The molecule has 2 rings (SSSR count). The Bertz CT molecular complexity index is 382. The van der Waals surface area contributed by atoms with E-state index in [2.05, 4.69) is 19.2 Å². The quantitative estimate of drug-likeness (QED) is 0.826. The first-order valence-corrected chi connectivity index (χ1v) is 7.49. The first-order chi connectivity index (χ1) is 8.89. The third kappa shape index (κ3) is 2.37. The van der Waals surface area contributed by atoms with Crippen LogP contribution in [0.25, 0.3) is 0 Å². The van der Waals surface area contributed by atoms with Crippen molar-refractivity contribution in [1.82, 2.24) is 10.2 Å². The van der Waals surface area contributed by atoms with Crippen LogP contribution < -0.4 is 5.32 Å². The van der Waals surface area contributed by atoms with Crippen LogP contribution in [0.1, 0.15) is 53.4 Å². The maximum Gasteiger partial charge on any atom is 0.248 e. The largest absolute Gasteiger partial charge is 0.340 e. The highest BCUT2D eigenvalue weighted by atomic mass is 16.2. The van der Waals surface area contributed by atoms with Gasteiger partial charge < -0.3 is 10.2 Å². The molecule has 0 radical (unpaired) electrons. The van der Waals surface area contributed by atoms with Gasteiger partial charge >= 0.3 is 0 Å². The molecule has 4 nitrogen and oxygen atoms in total. The van der Waals surface area contributed by atoms with E-state index in [-0.39, 0.29) is 23.8 Å². The number of nitrogens with one attached hydrogen (secondary N) is 1. The fourth-order valence-corrected chi connectivity index (χ4v) is 3.22. The number of carbonyl (C=O) groups excluding carboxylic acids is 2. The standard InChI is InChI=1S/C15H26N2O2/c1-5-15(6-2)13(19)17(9-12(18)16-15)10-14(7-8-14)11(3)4/h11H,5-10H2,1-4H3,(H,16,18). The van der Waals surface area contributed by atoms with Crippen molar-refractivity contribution in [3.05, 3.63) is 0 Å². The lowest BCUT2D eigenvalue weighted by atomic mass is 9.86. The predicted molar refractivity (Wildman–Crippen MR) is 74.5 cm³/mol. The number of carbonyl (C=O) groups is 2. The average Bonchev–Trinajstić information content (AvgIpc) is 3.14. The van der Waals surface area contributed by atoms with Crippen LogP contribution in [0.15, 0.2) is 0 Å². The maximum absolute atomic E-state index is 12.7. The zero-order valence-corrected chi connectivity index (χ0v) is 12.6. The Morgan fingerprint density at radius 2 is 1.79 bits per heavy atom. The zero-order valence-electron chi connectivity index (χ0n) is 12.6. The molecule has 1 aliphatic heterocycles. The van der Waals surface area contributed by atoms with E-state index in [9.17, 15) is 9.59 Å². The van der Waals surface area contributed by atoms with Crippen molar-refractivity contribution in [2.75, 3.05) is 13.1 Å². The lowest BCUT2D eigenvalue weighted by Gasteiger charge is -2.42. The van der Waals surface area contributed by atoms with E-state index in [0.29, 0.717) is 18.8 Å². The smallest absolute Gasteiger partial charge is 0.248 e. The van der Waals surface area contributed by atoms with Crippen molar-refractivity contribution in [3.8, 4) is 0 Å². The van der Waals surface area contributed by atoms with Crippen LogP contribution in [0.5, 0.6) is 0 Å². The highest BCUT2D eigenvalue weighted by Crippen LogP contribution is 2.52. The fourth-order valence-electron chi connectivity index (χ4n) is 3.22. The van der Waals surface area contributed by atoms with Crippen LogP contribution in [0, 0.1) is 11.3 Å². The van der Waals surface area contributed by atoms with E-state index >= 15 is 0 Å². The molecule has 108 valence electrons. The number of hydrogen-bond donors (Lipinski definition) is 1. The van der Waals surface area contributed by atoms with Crippen LogP contribution in [0.3, 0.4) is 0 Å². The molecular formula is C15H26N2O2. The molecule has 0 bridgehead atoms. The second-order valence-electron chi connectivity index (χ2n) is 6.52. The molecule has 1 saturated carbocycles. The summed E-state index contributed by atoms with van der Waals surface area (Å²) in [6, 6.07) is 0. The molecule has 0 aromatic heterocycles. The molecular weight excluding hydrogens is 240 g/mol. The van der Waals surface area contributed by atoms with Crippen LogP contribution >= 0.6 is 0 Å². The third-order valence-corrected chi connectivity index (χ3v) is 5.24. The van der Waals surface area contributed by atoms with Crippen LogP contribution in [0.4, 0.5) is 0 Å². The Kier molecular flexibility index (Phi) is 3.63. The second-order valence-corrected chi connectivity index (χ2v) is 6.52. The van der Waals surface area contributed by atoms with E-state index in [0.717, 1.165) is 6.54 Å². The van der Waals surface area contributed by atoms with E-state index in [1.54, 1.807) is 4.90 Å². The van der Waals surface area contributed by atoms with Crippen LogP contribution in [-0.2, 0) is 9.59 Å². The van der Waals surface area contributed by atoms with Crippen molar-refractivity contribution in [3.63, 3.8) is 0 Å². The highest BCUT2D eigenvalue weighted by molar-refractivity contribution is 5.98. The first kappa shape index (κ1) is 14.4. The monoisotopic (exact) mass is 266 g/mol. The van der Waals surface area contributed by atoms with Gasteiger partial charge in [-0.3, -0.25) is 9.59 Å². The minimum absolute atomic E-state index is 0.0112. The van der Waals surface area contributed by atoms with Gasteiger partial charge in [-0.25, -0.2) is 0 Å². The lowest BCUT2D eigenvalue weighted by molar-refractivity contribution is -0.151. The minimum atomic E-state index is -0.664. The van der Waals surface area contributed by atoms with E-state index < -0.39 is 5.54 Å². The molecule has 0 spiro atoms. The lowest BCUT2D eigenvalue weighted by Crippen LogP contribution is -2.66. The summed E-state index contributed by atoms with van der Waals surface area (Å²) in [6.07, 6.45) is 3.70. The minimum Gasteiger partial charge on any atom is -0.340 e. The van der Waals surface area contributed by atoms with Gasteiger partial charge in [-0.2, -0.15) is 0 Å². The SMILES string of the molecule is CCC1(CC)NC(=O)CN(CC2(C(C)C)CC2)C1=O. The molecule has 2 fully saturated rings. The van der Waals surface area contributed by atoms with Gasteiger partial charge in [-0.05, 0) is 37.0 Å². The van der Waals surface area contributed by atoms with Gasteiger partial charge in [0.15, 0.2) is 0 Å². The average molecular weight is 266 g/mol. The molecule has 0 aromatic carbocycles. The molecule has 0 atom stereocenters. The van der Waals surface area contributed by atoms with Gasteiger partial charge in [-0.15, -0.1) is 0 Å². The van der Waals surface area contributed by atoms with Crippen molar-refractivity contribution in [2.24, 2.45) is 11.3 Å². The summed E-state index contributed by atoms with van der Waals surface area (Å²) in [5.74, 6) is 0.676. The van der Waals surface area contributed by atoms with E-state index in [1.165, 1.54) is 12.8 Å². The van der Waals surface area contributed by atoms with E-state index in [1.807, 2.05) is 13.8 Å². The molecule has 0 unspecified atom stereocenters. The summed E-state index contributed by atoms with van der Waals surface area (Å²) < 4.78 is 0. The number of piperazine rings is 1. The highest BCUT2D eigenvalue weighted by Gasteiger charge is 2.51. The van der Waals surface area contributed by atoms with Gasteiger partial charge in [0.05, 0.1) is 6.54 Å². The molecule has 19 heavy (non-hydrogen) atoms. The van der Waals surface area contributed by atoms with Gasteiger partial charge in [0.2, 0.25) is 11.8 Å². The molecule has 1 aliphatic carbocycles. The Hall–Kier alpha value is -1.06. The van der Waals surface area contributed by atoms with Crippen molar-refractivity contribution < 1.29 is 9.59 Å². The first-order valence-electron chi connectivity index (χ1n) is 7.49. The molecule has 1 saturated heterocycles. The van der Waals surface area contributed by atoms with Gasteiger partial charge in [0.1, 0.15) is 5.54 Å². The fraction of sp³-hybridized carbons (Fsp3) is 0.867. The van der Waals surface area contributed by atoms with Gasteiger partial charge in [0.25, 0.3) is 0 Å². The summed E-state index contributed by atoms with van der Waals surface area (Å²) >= 11 is 0. The number of rotatable bonds is 5. The molecule has 2 amide bonds. The Labute approximate surface area is 115 Å². The van der Waals surface area contributed by atoms with Crippen LogP contribution in [-0.4, -0.2) is 35.3 Å².